The van der Waals surface area contributed by atoms with E-state index in [1.165, 1.54) is 0 Å². The third-order valence-corrected chi connectivity index (χ3v) is 2.20. The molecule has 68 valence electrons. The molecule has 0 aliphatic rings. The molecule has 2 nitrogen and oxygen atoms in total. The lowest BCUT2D eigenvalue weighted by atomic mass is 10.3. The predicted octanol–water partition coefficient (Wildman–Crippen LogP) is 3.74. The highest BCUT2D eigenvalue weighted by atomic mass is 16.3. The Bertz CT molecular complexity index is 552. The summed E-state index contributed by atoms with van der Waals surface area (Å²) in [4.78, 5) is 0. The quantitative estimate of drug-likeness (QED) is 0.532. The van der Waals surface area contributed by atoms with Gasteiger partial charge in [-0.25, -0.2) is 0 Å². The smallest absolute Gasteiger partial charge is 0.133 e. The van der Waals surface area contributed by atoms with E-state index in [2.05, 4.69) is 0 Å². The summed E-state index contributed by atoms with van der Waals surface area (Å²) in [6, 6.07) is 13.5. The first kappa shape index (κ1) is 7.44. The first-order chi connectivity index (χ1) is 6.92. The lowest BCUT2D eigenvalue weighted by Gasteiger charge is -1.77. The molecule has 0 fully saturated rings. The second-order valence-electron chi connectivity index (χ2n) is 3.15. The topological polar surface area (TPSA) is 26.3 Å². The highest BCUT2D eigenvalue weighted by Gasteiger charge is 1.93. The van der Waals surface area contributed by atoms with Gasteiger partial charge in [-0.3, -0.25) is 0 Å². The van der Waals surface area contributed by atoms with Crippen molar-refractivity contribution in [2.45, 2.75) is 0 Å². The second-order valence-corrected chi connectivity index (χ2v) is 3.15. The molecule has 3 aromatic rings. The maximum absolute atomic E-state index is 5.49. The number of hydrogen-bond acceptors (Lipinski definition) is 2. The van der Waals surface area contributed by atoms with Crippen molar-refractivity contribution >= 4 is 22.1 Å². The SMILES string of the molecule is c1cc2ccc3ccc(ccc2o1)o3. The predicted molar refractivity (Wildman–Crippen MR) is 54.8 cm³/mol. The lowest BCUT2D eigenvalue weighted by molar-refractivity contribution is 0.616. The van der Waals surface area contributed by atoms with Crippen LogP contribution in [0.15, 0.2) is 57.6 Å². The standard InChI is InChI=1S/C12H8O2/c1-2-10-3-4-11(14-10)5-6-12-9(1)7-8-13-12/h1-8H. The molecule has 14 heavy (non-hydrogen) atoms. The van der Waals surface area contributed by atoms with Gasteiger partial charge in [0.25, 0.3) is 0 Å². The van der Waals surface area contributed by atoms with E-state index >= 15 is 0 Å². The molecule has 0 aliphatic heterocycles. The zero-order valence-corrected chi connectivity index (χ0v) is 7.44. The highest BCUT2D eigenvalue weighted by molar-refractivity contribution is 5.77. The molecule has 0 saturated heterocycles. The van der Waals surface area contributed by atoms with Crippen molar-refractivity contribution in [1.82, 2.24) is 0 Å². The molecule has 0 spiro atoms. The molecule has 0 amide bonds. The Morgan fingerprint density at radius 2 is 1.43 bits per heavy atom. The lowest BCUT2D eigenvalue weighted by Crippen LogP contribution is -1.54. The molecule has 0 aliphatic carbocycles. The molecule has 0 atom stereocenters. The number of rotatable bonds is 0. The van der Waals surface area contributed by atoms with Crippen LogP contribution in [0.25, 0.3) is 22.1 Å². The van der Waals surface area contributed by atoms with E-state index in [0.717, 1.165) is 22.1 Å². The first-order valence-corrected chi connectivity index (χ1v) is 4.45. The summed E-state index contributed by atoms with van der Waals surface area (Å²) in [5, 5.41) is 1.07. The van der Waals surface area contributed by atoms with Gasteiger partial charge in [0.15, 0.2) is 0 Å². The fourth-order valence-electron chi connectivity index (χ4n) is 1.48. The average molecular weight is 184 g/mol. The summed E-state index contributed by atoms with van der Waals surface area (Å²) in [5.41, 5.74) is 2.56. The minimum absolute atomic E-state index is 0.842. The molecular formula is C12H8O2. The Balaban J connectivity index is 2.51. The Kier molecular flexibility index (Phi) is 1.47. The van der Waals surface area contributed by atoms with Gasteiger partial charge in [0.2, 0.25) is 0 Å². The molecular weight excluding hydrogens is 176 g/mol. The summed E-state index contributed by atoms with van der Waals surface area (Å²) in [7, 11) is 0. The van der Waals surface area contributed by atoms with Crippen LogP contribution in [0.1, 0.15) is 0 Å². The van der Waals surface area contributed by atoms with Gasteiger partial charge in [-0.1, -0.05) is 0 Å². The van der Waals surface area contributed by atoms with Crippen LogP contribution in [0.3, 0.4) is 0 Å². The van der Waals surface area contributed by atoms with Gasteiger partial charge in [-0.15, -0.1) is 0 Å². The van der Waals surface area contributed by atoms with Gasteiger partial charge in [0.1, 0.15) is 16.7 Å². The maximum Gasteiger partial charge on any atom is 0.133 e. The van der Waals surface area contributed by atoms with Crippen LogP contribution in [0, 0.1) is 0 Å². The third-order valence-electron chi connectivity index (χ3n) is 2.20. The molecule has 0 radical (unpaired) electrons. The summed E-state index contributed by atoms with van der Waals surface area (Å²) < 4.78 is 10.8. The van der Waals surface area contributed by atoms with Crippen molar-refractivity contribution in [3.63, 3.8) is 0 Å². The fourth-order valence-corrected chi connectivity index (χ4v) is 1.48. The fraction of sp³-hybridized carbons (Fsp3) is 0. The normalized spacial score (nSPS) is 10.9. The van der Waals surface area contributed by atoms with Crippen molar-refractivity contribution in [3.05, 3.63) is 48.7 Å². The Morgan fingerprint density at radius 1 is 0.714 bits per heavy atom. The van der Waals surface area contributed by atoms with Crippen LogP contribution >= 0.6 is 0 Å². The van der Waals surface area contributed by atoms with Crippen molar-refractivity contribution in [2.24, 2.45) is 0 Å². The van der Waals surface area contributed by atoms with E-state index in [1.807, 2.05) is 42.5 Å². The van der Waals surface area contributed by atoms with Gasteiger partial charge < -0.3 is 8.83 Å². The summed E-state index contributed by atoms with van der Waals surface area (Å²) in [6.07, 6.45) is 1.69. The van der Waals surface area contributed by atoms with Crippen molar-refractivity contribution in [1.29, 1.82) is 0 Å². The molecule has 2 bridgehead atoms. The number of fused-ring (bicyclic) bond motifs is 3. The van der Waals surface area contributed by atoms with E-state index in [9.17, 15) is 0 Å². The van der Waals surface area contributed by atoms with E-state index < -0.39 is 0 Å². The monoisotopic (exact) mass is 184 g/mol. The number of hydrogen-bond donors (Lipinski definition) is 0. The molecule has 0 N–H and O–H groups in total. The van der Waals surface area contributed by atoms with Gasteiger partial charge in [-0.05, 0) is 42.5 Å². The van der Waals surface area contributed by atoms with Gasteiger partial charge in [0, 0.05) is 5.39 Å². The largest absolute Gasteiger partial charge is 0.464 e. The van der Waals surface area contributed by atoms with Crippen molar-refractivity contribution in [3.8, 4) is 0 Å². The van der Waals surface area contributed by atoms with Gasteiger partial charge in [-0.2, -0.15) is 0 Å². The minimum atomic E-state index is 0.842. The van der Waals surface area contributed by atoms with E-state index in [1.54, 1.807) is 6.26 Å². The van der Waals surface area contributed by atoms with Gasteiger partial charge in [0.05, 0.1) is 6.26 Å². The van der Waals surface area contributed by atoms with E-state index in [-0.39, 0.29) is 0 Å². The Hall–Kier alpha value is -1.96. The molecule has 3 heterocycles. The molecule has 0 unspecified atom stereocenters. The highest BCUT2D eigenvalue weighted by Crippen LogP contribution is 2.16. The minimum Gasteiger partial charge on any atom is -0.464 e. The zero-order chi connectivity index (χ0) is 9.38. The molecule has 2 heteroatoms. The van der Waals surface area contributed by atoms with Crippen LogP contribution < -0.4 is 0 Å². The molecule has 0 saturated carbocycles. The van der Waals surface area contributed by atoms with Crippen LogP contribution in [0.4, 0.5) is 0 Å². The number of furan rings is 2. The maximum atomic E-state index is 5.49. The second kappa shape index (κ2) is 2.77. The zero-order valence-electron chi connectivity index (χ0n) is 7.44. The summed E-state index contributed by atoms with van der Waals surface area (Å²) in [5.74, 6) is 0. The molecule has 0 aromatic carbocycles. The summed E-state index contributed by atoms with van der Waals surface area (Å²) in [6.45, 7) is 0. The summed E-state index contributed by atoms with van der Waals surface area (Å²) >= 11 is 0. The van der Waals surface area contributed by atoms with Crippen LogP contribution in [-0.4, -0.2) is 0 Å². The third kappa shape index (κ3) is 1.12. The Morgan fingerprint density at radius 3 is 2.29 bits per heavy atom. The van der Waals surface area contributed by atoms with Crippen molar-refractivity contribution < 1.29 is 8.83 Å². The van der Waals surface area contributed by atoms with Crippen molar-refractivity contribution in [2.75, 3.05) is 0 Å². The average Bonchev–Trinajstić information content (AvgIpc) is 2.82. The van der Waals surface area contributed by atoms with Crippen LogP contribution in [0.5, 0.6) is 0 Å². The van der Waals surface area contributed by atoms with Gasteiger partial charge >= 0.3 is 0 Å². The first-order valence-electron chi connectivity index (χ1n) is 4.45. The molecule has 3 aromatic heterocycles. The van der Waals surface area contributed by atoms with Crippen LogP contribution in [0.2, 0.25) is 0 Å². The Labute approximate surface area is 80.4 Å². The van der Waals surface area contributed by atoms with E-state index in [4.69, 9.17) is 8.83 Å². The molecule has 3 rings (SSSR count). The van der Waals surface area contributed by atoms with E-state index in [0.29, 0.717) is 0 Å². The van der Waals surface area contributed by atoms with Crippen LogP contribution in [-0.2, 0) is 0 Å².